The zero-order valence-corrected chi connectivity index (χ0v) is 19.1. The summed E-state index contributed by atoms with van der Waals surface area (Å²) in [5.41, 5.74) is 2.44. The van der Waals surface area contributed by atoms with Gasteiger partial charge in [-0.15, -0.1) is 0 Å². The molecule has 6 nitrogen and oxygen atoms in total. The number of hydrogen-bond acceptors (Lipinski definition) is 5. The Kier molecular flexibility index (Phi) is 6.96. The summed E-state index contributed by atoms with van der Waals surface area (Å²) >= 11 is 0. The number of morpholine rings is 1. The molecule has 0 aromatic heterocycles. The van der Waals surface area contributed by atoms with Crippen LogP contribution in [0.3, 0.4) is 0 Å². The highest BCUT2D eigenvalue weighted by Gasteiger charge is 2.29. The van der Waals surface area contributed by atoms with E-state index >= 15 is 0 Å². The first-order valence-electron chi connectivity index (χ1n) is 11.0. The second-order valence-electron chi connectivity index (χ2n) is 8.46. The number of nitrogens with one attached hydrogen (secondary N) is 1. The lowest BCUT2D eigenvalue weighted by Crippen LogP contribution is -2.40. The Bertz CT molecular complexity index is 971. The fraction of sp³-hybridized carbons (Fsp3) is 0.500. The van der Waals surface area contributed by atoms with Gasteiger partial charge in [0.25, 0.3) is 0 Å². The van der Waals surface area contributed by atoms with E-state index in [4.69, 9.17) is 9.47 Å². The van der Waals surface area contributed by atoms with Crippen molar-refractivity contribution in [3.05, 3.63) is 59.7 Å². The van der Waals surface area contributed by atoms with E-state index in [2.05, 4.69) is 24.4 Å². The SMILES string of the molecule is COc1cccc(C(C)NC2CCC(c3ccc(S(=O)(=O)N4CCOCC4)cc3)C2)c1. The highest BCUT2D eigenvalue weighted by molar-refractivity contribution is 7.89. The zero-order chi connectivity index (χ0) is 21.8. The Hall–Kier alpha value is -1.93. The molecule has 2 aromatic carbocycles. The van der Waals surface area contributed by atoms with Crippen molar-refractivity contribution in [3.8, 4) is 5.75 Å². The van der Waals surface area contributed by atoms with Crippen LogP contribution in [0.5, 0.6) is 5.75 Å². The molecule has 0 radical (unpaired) electrons. The molecule has 168 valence electrons. The van der Waals surface area contributed by atoms with Crippen LogP contribution >= 0.6 is 0 Å². The average molecular weight is 445 g/mol. The van der Waals surface area contributed by atoms with Gasteiger partial charge in [-0.05, 0) is 67.5 Å². The molecular formula is C24H32N2O4S. The van der Waals surface area contributed by atoms with Gasteiger partial charge in [0.1, 0.15) is 5.75 Å². The maximum absolute atomic E-state index is 12.8. The van der Waals surface area contributed by atoms with Crippen molar-refractivity contribution in [2.75, 3.05) is 33.4 Å². The van der Waals surface area contributed by atoms with E-state index in [1.54, 1.807) is 19.2 Å². The van der Waals surface area contributed by atoms with Gasteiger partial charge >= 0.3 is 0 Å². The number of benzene rings is 2. The molecule has 1 saturated heterocycles. The third kappa shape index (κ3) is 5.12. The zero-order valence-electron chi connectivity index (χ0n) is 18.3. The molecule has 1 heterocycles. The van der Waals surface area contributed by atoms with Crippen molar-refractivity contribution in [1.29, 1.82) is 0 Å². The lowest BCUT2D eigenvalue weighted by Gasteiger charge is -2.26. The summed E-state index contributed by atoms with van der Waals surface area (Å²) in [5, 5.41) is 3.75. The number of nitrogens with zero attached hydrogens (tertiary/aromatic N) is 1. The summed E-state index contributed by atoms with van der Waals surface area (Å²) in [6.07, 6.45) is 3.29. The van der Waals surface area contributed by atoms with Crippen LogP contribution < -0.4 is 10.1 Å². The fourth-order valence-electron chi connectivity index (χ4n) is 4.64. The smallest absolute Gasteiger partial charge is 0.243 e. The highest BCUT2D eigenvalue weighted by Crippen LogP contribution is 2.36. The summed E-state index contributed by atoms with van der Waals surface area (Å²) in [7, 11) is -1.74. The van der Waals surface area contributed by atoms with E-state index in [0.717, 1.165) is 25.0 Å². The molecule has 7 heteroatoms. The van der Waals surface area contributed by atoms with E-state index in [1.165, 1.54) is 15.4 Å². The number of hydrogen-bond donors (Lipinski definition) is 1. The summed E-state index contributed by atoms with van der Waals surface area (Å²) < 4.78 is 37.8. The monoisotopic (exact) mass is 444 g/mol. The first-order chi connectivity index (χ1) is 15.0. The van der Waals surface area contributed by atoms with Gasteiger partial charge in [0.05, 0.1) is 25.2 Å². The molecule has 0 bridgehead atoms. The van der Waals surface area contributed by atoms with Gasteiger partial charge in [-0.3, -0.25) is 0 Å². The Balaban J connectivity index is 1.36. The van der Waals surface area contributed by atoms with Gasteiger partial charge in [-0.2, -0.15) is 4.31 Å². The van der Waals surface area contributed by atoms with E-state index in [1.807, 2.05) is 24.3 Å². The Morgan fingerprint density at radius 1 is 1.10 bits per heavy atom. The Morgan fingerprint density at radius 2 is 1.84 bits per heavy atom. The van der Waals surface area contributed by atoms with Crippen LogP contribution in [-0.2, 0) is 14.8 Å². The third-order valence-electron chi connectivity index (χ3n) is 6.47. The first kappa shape index (κ1) is 22.3. The van der Waals surface area contributed by atoms with Crippen LogP contribution in [0.15, 0.2) is 53.4 Å². The molecule has 3 atom stereocenters. The van der Waals surface area contributed by atoms with Crippen LogP contribution in [0.2, 0.25) is 0 Å². The van der Waals surface area contributed by atoms with Crippen LogP contribution in [0.1, 0.15) is 49.3 Å². The van der Waals surface area contributed by atoms with Crippen LogP contribution in [0.25, 0.3) is 0 Å². The largest absolute Gasteiger partial charge is 0.497 e. The van der Waals surface area contributed by atoms with Crippen LogP contribution in [0, 0.1) is 0 Å². The molecule has 2 aliphatic rings. The van der Waals surface area contributed by atoms with Crippen molar-refractivity contribution in [2.24, 2.45) is 0 Å². The first-order valence-corrected chi connectivity index (χ1v) is 12.5. The van der Waals surface area contributed by atoms with Gasteiger partial charge in [-0.25, -0.2) is 8.42 Å². The molecule has 1 aliphatic carbocycles. The van der Waals surface area contributed by atoms with Crippen LogP contribution in [0.4, 0.5) is 0 Å². The van der Waals surface area contributed by atoms with Gasteiger partial charge in [0, 0.05) is 25.2 Å². The number of methoxy groups -OCH3 is 1. The van der Waals surface area contributed by atoms with Gasteiger partial charge in [0.15, 0.2) is 0 Å². The second kappa shape index (κ2) is 9.69. The quantitative estimate of drug-likeness (QED) is 0.705. The van der Waals surface area contributed by atoms with Crippen molar-refractivity contribution < 1.29 is 17.9 Å². The summed E-state index contributed by atoms with van der Waals surface area (Å²) in [6, 6.07) is 16.4. The van der Waals surface area contributed by atoms with Crippen molar-refractivity contribution >= 4 is 10.0 Å². The minimum atomic E-state index is -3.43. The lowest BCUT2D eigenvalue weighted by molar-refractivity contribution is 0.0730. The summed E-state index contributed by atoms with van der Waals surface area (Å²) in [4.78, 5) is 0.373. The van der Waals surface area contributed by atoms with Gasteiger partial charge < -0.3 is 14.8 Å². The van der Waals surface area contributed by atoms with E-state index in [0.29, 0.717) is 43.2 Å². The molecule has 2 fully saturated rings. The van der Waals surface area contributed by atoms with E-state index in [9.17, 15) is 8.42 Å². The molecule has 0 spiro atoms. The molecule has 0 amide bonds. The molecule has 1 saturated carbocycles. The van der Waals surface area contributed by atoms with Crippen molar-refractivity contribution in [1.82, 2.24) is 9.62 Å². The molecule has 2 aromatic rings. The molecule has 31 heavy (non-hydrogen) atoms. The highest BCUT2D eigenvalue weighted by atomic mass is 32.2. The van der Waals surface area contributed by atoms with E-state index in [-0.39, 0.29) is 6.04 Å². The summed E-state index contributed by atoms with van der Waals surface area (Å²) in [6.45, 7) is 3.95. The number of rotatable bonds is 7. The fourth-order valence-corrected chi connectivity index (χ4v) is 6.05. The Labute approximate surface area is 185 Å². The predicted molar refractivity (Wildman–Crippen MR) is 121 cm³/mol. The normalized spacial score (nSPS) is 23.5. The minimum Gasteiger partial charge on any atom is -0.497 e. The third-order valence-corrected chi connectivity index (χ3v) is 8.38. The maximum Gasteiger partial charge on any atom is 0.243 e. The van der Waals surface area contributed by atoms with Crippen molar-refractivity contribution in [3.63, 3.8) is 0 Å². The number of ether oxygens (including phenoxy) is 2. The number of sulfonamides is 1. The molecule has 1 aliphatic heterocycles. The molecular weight excluding hydrogens is 412 g/mol. The van der Waals surface area contributed by atoms with Crippen LogP contribution in [-0.4, -0.2) is 52.2 Å². The topological polar surface area (TPSA) is 67.9 Å². The molecule has 3 unspecified atom stereocenters. The summed E-state index contributed by atoms with van der Waals surface area (Å²) in [5.74, 6) is 1.33. The molecule has 4 rings (SSSR count). The second-order valence-corrected chi connectivity index (χ2v) is 10.4. The average Bonchev–Trinajstić information content (AvgIpc) is 3.28. The van der Waals surface area contributed by atoms with E-state index < -0.39 is 10.0 Å². The van der Waals surface area contributed by atoms with Gasteiger partial charge in [0.2, 0.25) is 10.0 Å². The maximum atomic E-state index is 12.8. The predicted octanol–water partition coefficient (Wildman–Crippen LogP) is 3.70. The lowest BCUT2D eigenvalue weighted by atomic mass is 9.97. The molecule has 1 N–H and O–H groups in total. The Morgan fingerprint density at radius 3 is 2.55 bits per heavy atom. The minimum absolute atomic E-state index is 0.250. The standard InChI is InChI=1S/C24H32N2O4S/c1-18(20-4-3-5-23(17-20)29-2)25-22-9-6-21(16-22)19-7-10-24(11-8-19)31(27,28)26-12-14-30-15-13-26/h3-5,7-8,10-11,17-18,21-22,25H,6,9,12-16H2,1-2H3. The van der Waals surface area contributed by atoms with Gasteiger partial charge in [-0.1, -0.05) is 24.3 Å². The van der Waals surface area contributed by atoms with Crippen molar-refractivity contribution in [2.45, 2.75) is 49.1 Å².